The average Bonchev–Trinajstić information content (AvgIpc) is 2.57. The fraction of sp³-hybridized carbons (Fsp3) is 0.950. The Labute approximate surface area is 136 Å². The number of hydrogen-bond acceptors (Lipinski definition) is 2. The molecule has 1 aliphatic heterocycles. The molecule has 0 bridgehead atoms. The van der Waals surface area contributed by atoms with Crippen molar-refractivity contribution in [2.75, 3.05) is 0 Å². The molecule has 1 saturated heterocycles. The first-order valence-electron chi connectivity index (χ1n) is 9.88. The van der Waals surface area contributed by atoms with Crippen LogP contribution in [0.2, 0.25) is 0 Å². The zero-order valence-electron chi connectivity index (χ0n) is 15.0. The van der Waals surface area contributed by atoms with Gasteiger partial charge in [-0.05, 0) is 37.0 Å². The van der Waals surface area contributed by atoms with Crippen molar-refractivity contribution >= 4 is 5.78 Å². The summed E-state index contributed by atoms with van der Waals surface area (Å²) in [5.41, 5.74) is 0.377. The number of ketones is 1. The normalized spacial score (nSPS) is 43.7. The SMILES string of the molecule is CCCCCCC(C)C(=O)C1NC23CC[C@H]2C(C)[C@@H](CC)[C@H]13. The predicted octanol–water partition coefficient (Wildman–Crippen LogP) is 4.57. The molecule has 3 aliphatic rings. The summed E-state index contributed by atoms with van der Waals surface area (Å²) in [7, 11) is 0. The Morgan fingerprint density at radius 3 is 2.64 bits per heavy atom. The first-order chi connectivity index (χ1) is 10.6. The lowest BCUT2D eigenvalue weighted by Gasteiger charge is -2.62. The highest BCUT2D eigenvalue weighted by molar-refractivity contribution is 5.88. The van der Waals surface area contributed by atoms with Crippen LogP contribution in [-0.2, 0) is 4.79 Å². The zero-order valence-corrected chi connectivity index (χ0v) is 15.0. The van der Waals surface area contributed by atoms with Crippen molar-refractivity contribution in [3.8, 4) is 0 Å². The maximum Gasteiger partial charge on any atom is 0.152 e. The molecule has 0 aromatic rings. The van der Waals surface area contributed by atoms with Crippen LogP contribution >= 0.6 is 0 Å². The van der Waals surface area contributed by atoms with E-state index in [0.717, 1.165) is 24.2 Å². The summed E-state index contributed by atoms with van der Waals surface area (Å²) < 4.78 is 0. The second kappa shape index (κ2) is 6.26. The lowest BCUT2D eigenvalue weighted by molar-refractivity contribution is -0.139. The molecule has 0 aromatic heterocycles. The van der Waals surface area contributed by atoms with Gasteiger partial charge in [0, 0.05) is 17.4 Å². The van der Waals surface area contributed by atoms with Crippen LogP contribution in [0, 0.1) is 29.6 Å². The minimum absolute atomic E-state index is 0.180. The quantitative estimate of drug-likeness (QED) is 0.665. The third-order valence-corrected chi connectivity index (χ3v) is 7.43. The summed E-state index contributed by atoms with van der Waals surface area (Å²) >= 11 is 0. The van der Waals surface area contributed by atoms with E-state index in [-0.39, 0.29) is 12.0 Å². The molecule has 3 fully saturated rings. The van der Waals surface area contributed by atoms with Gasteiger partial charge in [-0.3, -0.25) is 4.79 Å². The molecule has 22 heavy (non-hydrogen) atoms. The van der Waals surface area contributed by atoms with E-state index in [1.165, 1.54) is 44.9 Å². The highest BCUT2D eigenvalue weighted by atomic mass is 16.1. The average molecular weight is 306 g/mol. The highest BCUT2D eigenvalue weighted by Gasteiger charge is 2.71. The number of nitrogens with one attached hydrogen (secondary N) is 1. The lowest BCUT2D eigenvalue weighted by atomic mass is 9.55. The molecule has 0 radical (unpaired) electrons. The van der Waals surface area contributed by atoms with Crippen LogP contribution in [0.4, 0.5) is 0 Å². The van der Waals surface area contributed by atoms with Crippen molar-refractivity contribution < 1.29 is 4.79 Å². The van der Waals surface area contributed by atoms with E-state index < -0.39 is 0 Å². The smallest absolute Gasteiger partial charge is 0.152 e. The Morgan fingerprint density at radius 2 is 2.05 bits per heavy atom. The van der Waals surface area contributed by atoms with Crippen molar-refractivity contribution in [3.63, 3.8) is 0 Å². The molecule has 0 aromatic carbocycles. The molecule has 1 spiro atoms. The third-order valence-electron chi connectivity index (χ3n) is 7.43. The lowest BCUT2D eigenvalue weighted by Crippen LogP contribution is -2.78. The highest BCUT2D eigenvalue weighted by Crippen LogP contribution is 2.65. The van der Waals surface area contributed by atoms with Gasteiger partial charge in [-0.15, -0.1) is 0 Å². The second-order valence-electron chi connectivity index (χ2n) is 8.42. The van der Waals surface area contributed by atoms with Crippen molar-refractivity contribution in [2.24, 2.45) is 29.6 Å². The monoisotopic (exact) mass is 305 g/mol. The summed E-state index contributed by atoms with van der Waals surface area (Å²) in [4.78, 5) is 12.9. The molecule has 2 aliphatic carbocycles. The standard InChI is InChI=1S/C20H35NO/c1-5-7-8-9-10-13(3)19(22)18-17-15(6-2)14(4)16-11-12-20(16,17)21-18/h13-18,21H,5-12H2,1-4H3/t13?,14?,15-,16+,17-,18?,20?/m1/s1. The summed E-state index contributed by atoms with van der Waals surface area (Å²) in [6.45, 7) is 9.18. The van der Waals surface area contributed by atoms with E-state index >= 15 is 0 Å². The summed E-state index contributed by atoms with van der Waals surface area (Å²) in [5.74, 6) is 3.86. The van der Waals surface area contributed by atoms with Crippen molar-refractivity contribution in [2.45, 2.75) is 90.6 Å². The van der Waals surface area contributed by atoms with Crippen LogP contribution in [0.5, 0.6) is 0 Å². The van der Waals surface area contributed by atoms with Gasteiger partial charge in [0.1, 0.15) is 0 Å². The molecule has 2 saturated carbocycles. The minimum Gasteiger partial charge on any atom is -0.301 e. The molecule has 7 atom stereocenters. The van der Waals surface area contributed by atoms with Gasteiger partial charge >= 0.3 is 0 Å². The van der Waals surface area contributed by atoms with Crippen LogP contribution in [-0.4, -0.2) is 17.4 Å². The van der Waals surface area contributed by atoms with Gasteiger partial charge in [0.25, 0.3) is 0 Å². The van der Waals surface area contributed by atoms with E-state index in [0.29, 0.717) is 17.2 Å². The van der Waals surface area contributed by atoms with Gasteiger partial charge in [0.15, 0.2) is 5.78 Å². The Bertz CT molecular complexity index is 420. The molecule has 1 N–H and O–H groups in total. The molecule has 4 unspecified atom stereocenters. The third kappa shape index (κ3) is 2.28. The Kier molecular flexibility index (Phi) is 4.69. The number of Topliss-reactive ketones (excluding diaryl/α,β-unsaturated/α-hetero) is 1. The first kappa shape index (κ1) is 16.5. The topological polar surface area (TPSA) is 29.1 Å². The Hall–Kier alpha value is -0.370. The summed E-state index contributed by atoms with van der Waals surface area (Å²) in [5, 5.41) is 3.78. The second-order valence-corrected chi connectivity index (χ2v) is 8.42. The van der Waals surface area contributed by atoms with E-state index in [4.69, 9.17) is 0 Å². The van der Waals surface area contributed by atoms with Gasteiger partial charge < -0.3 is 5.32 Å². The number of unbranched alkanes of at least 4 members (excludes halogenated alkanes) is 3. The largest absolute Gasteiger partial charge is 0.301 e. The maximum atomic E-state index is 12.9. The van der Waals surface area contributed by atoms with Crippen molar-refractivity contribution in [1.82, 2.24) is 5.32 Å². The van der Waals surface area contributed by atoms with Crippen molar-refractivity contribution in [1.29, 1.82) is 0 Å². The maximum absolute atomic E-state index is 12.9. The van der Waals surface area contributed by atoms with Gasteiger partial charge in [-0.2, -0.15) is 0 Å². The molecule has 3 rings (SSSR count). The minimum atomic E-state index is 0.180. The number of hydrogen-bond donors (Lipinski definition) is 1. The van der Waals surface area contributed by atoms with Gasteiger partial charge in [-0.25, -0.2) is 0 Å². The molecule has 2 nitrogen and oxygen atoms in total. The van der Waals surface area contributed by atoms with Crippen LogP contribution < -0.4 is 5.32 Å². The van der Waals surface area contributed by atoms with E-state index in [2.05, 4.69) is 33.0 Å². The van der Waals surface area contributed by atoms with Gasteiger partial charge in [0.05, 0.1) is 6.04 Å². The van der Waals surface area contributed by atoms with Crippen LogP contribution in [0.3, 0.4) is 0 Å². The Morgan fingerprint density at radius 1 is 1.27 bits per heavy atom. The van der Waals surface area contributed by atoms with Gasteiger partial charge in [0.2, 0.25) is 0 Å². The first-order valence-corrected chi connectivity index (χ1v) is 9.88. The van der Waals surface area contributed by atoms with E-state index in [1.807, 2.05) is 0 Å². The molecular weight excluding hydrogens is 270 g/mol. The number of carbonyl (C=O) groups excluding carboxylic acids is 1. The molecule has 1 heterocycles. The molecule has 0 amide bonds. The number of carbonyl (C=O) groups is 1. The Balaban J connectivity index is 1.58. The fourth-order valence-corrected chi connectivity index (χ4v) is 6.08. The van der Waals surface area contributed by atoms with Crippen LogP contribution in [0.25, 0.3) is 0 Å². The summed E-state index contributed by atoms with van der Waals surface area (Å²) in [6.07, 6.45) is 10.1. The van der Waals surface area contributed by atoms with E-state index in [9.17, 15) is 4.79 Å². The predicted molar refractivity (Wildman–Crippen MR) is 91.7 cm³/mol. The fourth-order valence-electron chi connectivity index (χ4n) is 6.08. The number of rotatable bonds is 8. The van der Waals surface area contributed by atoms with Crippen molar-refractivity contribution in [3.05, 3.63) is 0 Å². The van der Waals surface area contributed by atoms with Crippen LogP contribution in [0.15, 0.2) is 0 Å². The van der Waals surface area contributed by atoms with Crippen LogP contribution in [0.1, 0.15) is 79.1 Å². The zero-order chi connectivity index (χ0) is 15.9. The van der Waals surface area contributed by atoms with Gasteiger partial charge in [-0.1, -0.05) is 59.8 Å². The molecular formula is C20H35NO. The molecule has 2 heteroatoms. The summed E-state index contributed by atoms with van der Waals surface area (Å²) in [6, 6.07) is 0.180. The van der Waals surface area contributed by atoms with E-state index in [1.54, 1.807) is 0 Å². The molecule has 126 valence electrons.